The lowest BCUT2D eigenvalue weighted by molar-refractivity contribution is -0.116. The second kappa shape index (κ2) is 8.30. The van der Waals surface area contributed by atoms with Crippen molar-refractivity contribution in [2.24, 2.45) is 0 Å². The zero-order chi connectivity index (χ0) is 18.5. The minimum absolute atomic E-state index is 0.0738. The molecular formula is C20H17Cl2N3O. The maximum Gasteiger partial charge on any atom is 0.225 e. The Balaban J connectivity index is 2.05. The standard InChI is InChI=1S/C20H17Cl2N3O/c1-2-3-19(26)24-18-12-17(13-4-8-15(21)9-5-13)23-20(25-18)14-6-10-16(22)11-7-14/h4-12H,2-3H2,1H3,(H,23,24,25,26). The van der Waals surface area contributed by atoms with Crippen LogP contribution in [0.15, 0.2) is 54.6 Å². The molecule has 0 aliphatic heterocycles. The lowest BCUT2D eigenvalue weighted by Crippen LogP contribution is -2.12. The second-order valence-corrected chi connectivity index (χ2v) is 6.65. The molecule has 0 aliphatic carbocycles. The van der Waals surface area contributed by atoms with Gasteiger partial charge < -0.3 is 5.32 Å². The molecule has 1 N–H and O–H groups in total. The molecule has 0 radical (unpaired) electrons. The maximum atomic E-state index is 12.0. The molecule has 0 saturated heterocycles. The van der Waals surface area contributed by atoms with Crippen molar-refractivity contribution in [3.63, 3.8) is 0 Å². The molecule has 6 heteroatoms. The van der Waals surface area contributed by atoms with Gasteiger partial charge in [-0.1, -0.05) is 42.3 Å². The summed E-state index contributed by atoms with van der Waals surface area (Å²) < 4.78 is 0. The molecule has 26 heavy (non-hydrogen) atoms. The van der Waals surface area contributed by atoms with Crippen molar-refractivity contribution in [3.05, 3.63) is 64.6 Å². The summed E-state index contributed by atoms with van der Waals surface area (Å²) in [4.78, 5) is 21.1. The average molecular weight is 386 g/mol. The van der Waals surface area contributed by atoms with Gasteiger partial charge in [-0.05, 0) is 42.8 Å². The monoisotopic (exact) mass is 385 g/mol. The normalized spacial score (nSPS) is 10.6. The van der Waals surface area contributed by atoms with Gasteiger partial charge in [0.25, 0.3) is 0 Å². The Morgan fingerprint density at radius 1 is 0.923 bits per heavy atom. The summed E-state index contributed by atoms with van der Waals surface area (Å²) in [6.07, 6.45) is 1.21. The number of carbonyl (C=O) groups is 1. The molecule has 0 spiro atoms. The highest BCUT2D eigenvalue weighted by Crippen LogP contribution is 2.26. The first-order valence-electron chi connectivity index (χ1n) is 8.26. The summed E-state index contributed by atoms with van der Waals surface area (Å²) in [5, 5.41) is 4.13. The number of anilines is 1. The van der Waals surface area contributed by atoms with Crippen LogP contribution in [0.5, 0.6) is 0 Å². The Bertz CT molecular complexity index is 846. The summed E-state index contributed by atoms with van der Waals surface area (Å²) in [6, 6.07) is 16.4. The van der Waals surface area contributed by atoms with E-state index in [1.165, 1.54) is 0 Å². The van der Waals surface area contributed by atoms with E-state index in [0.717, 1.165) is 17.5 Å². The fourth-order valence-corrected chi connectivity index (χ4v) is 2.69. The molecule has 3 rings (SSSR count). The highest BCUT2D eigenvalue weighted by atomic mass is 35.5. The third kappa shape index (κ3) is 4.59. The molecule has 0 aliphatic rings. The van der Waals surface area contributed by atoms with Gasteiger partial charge >= 0.3 is 0 Å². The first-order chi connectivity index (χ1) is 12.5. The van der Waals surface area contributed by atoms with Crippen molar-refractivity contribution in [2.75, 3.05) is 5.32 Å². The van der Waals surface area contributed by atoms with Gasteiger partial charge in [0, 0.05) is 33.7 Å². The van der Waals surface area contributed by atoms with E-state index >= 15 is 0 Å². The molecule has 0 atom stereocenters. The van der Waals surface area contributed by atoms with E-state index in [1.54, 1.807) is 30.3 Å². The molecule has 4 nitrogen and oxygen atoms in total. The van der Waals surface area contributed by atoms with Crippen LogP contribution >= 0.6 is 23.2 Å². The van der Waals surface area contributed by atoms with Crippen molar-refractivity contribution in [3.8, 4) is 22.6 Å². The van der Waals surface area contributed by atoms with Gasteiger partial charge in [0.15, 0.2) is 5.82 Å². The highest BCUT2D eigenvalue weighted by Gasteiger charge is 2.11. The largest absolute Gasteiger partial charge is 0.311 e. The molecule has 0 fully saturated rings. The van der Waals surface area contributed by atoms with Gasteiger partial charge in [-0.15, -0.1) is 0 Å². The van der Waals surface area contributed by atoms with Crippen LogP contribution < -0.4 is 5.32 Å². The molecule has 0 bridgehead atoms. The van der Waals surface area contributed by atoms with Crippen molar-refractivity contribution >= 4 is 34.9 Å². The predicted molar refractivity (Wildman–Crippen MR) is 106 cm³/mol. The maximum absolute atomic E-state index is 12.0. The number of amides is 1. The lowest BCUT2D eigenvalue weighted by Gasteiger charge is -2.10. The number of hydrogen-bond donors (Lipinski definition) is 1. The van der Waals surface area contributed by atoms with Gasteiger partial charge in [0.1, 0.15) is 5.82 Å². The smallest absolute Gasteiger partial charge is 0.225 e. The fraction of sp³-hybridized carbons (Fsp3) is 0.150. The van der Waals surface area contributed by atoms with Gasteiger partial charge in [-0.25, -0.2) is 9.97 Å². The molecule has 132 valence electrons. The van der Waals surface area contributed by atoms with Gasteiger partial charge in [0.05, 0.1) is 5.69 Å². The summed E-state index contributed by atoms with van der Waals surface area (Å²) in [5.74, 6) is 0.907. The summed E-state index contributed by atoms with van der Waals surface area (Å²) in [5.41, 5.74) is 2.41. The zero-order valence-electron chi connectivity index (χ0n) is 14.2. The van der Waals surface area contributed by atoms with E-state index < -0.39 is 0 Å². The molecule has 1 heterocycles. The van der Waals surface area contributed by atoms with Gasteiger partial charge in [0.2, 0.25) is 5.91 Å². The number of carbonyl (C=O) groups excluding carboxylic acids is 1. The van der Waals surface area contributed by atoms with E-state index in [0.29, 0.717) is 33.8 Å². The van der Waals surface area contributed by atoms with Crippen LogP contribution in [0.25, 0.3) is 22.6 Å². The molecule has 0 saturated carbocycles. The zero-order valence-corrected chi connectivity index (χ0v) is 15.7. The van der Waals surface area contributed by atoms with Crippen LogP contribution in [0.2, 0.25) is 10.0 Å². The lowest BCUT2D eigenvalue weighted by atomic mass is 10.1. The third-order valence-electron chi connectivity index (χ3n) is 3.71. The molecule has 3 aromatic rings. The van der Waals surface area contributed by atoms with Crippen LogP contribution in [0.3, 0.4) is 0 Å². The number of nitrogens with one attached hydrogen (secondary N) is 1. The minimum atomic E-state index is -0.0738. The molecule has 0 unspecified atom stereocenters. The second-order valence-electron chi connectivity index (χ2n) is 5.77. The van der Waals surface area contributed by atoms with E-state index in [-0.39, 0.29) is 5.91 Å². The Morgan fingerprint density at radius 2 is 1.50 bits per heavy atom. The number of rotatable bonds is 5. The third-order valence-corrected chi connectivity index (χ3v) is 4.22. The SMILES string of the molecule is CCCC(=O)Nc1cc(-c2ccc(Cl)cc2)nc(-c2ccc(Cl)cc2)n1. The topological polar surface area (TPSA) is 54.9 Å². The van der Waals surface area contributed by atoms with Crippen molar-refractivity contribution in [2.45, 2.75) is 19.8 Å². The van der Waals surface area contributed by atoms with E-state index in [2.05, 4.69) is 15.3 Å². The van der Waals surface area contributed by atoms with Gasteiger partial charge in [-0.2, -0.15) is 0 Å². The number of nitrogens with zero attached hydrogens (tertiary/aromatic N) is 2. The number of benzene rings is 2. The summed E-state index contributed by atoms with van der Waals surface area (Å²) >= 11 is 11.9. The van der Waals surface area contributed by atoms with Crippen molar-refractivity contribution < 1.29 is 4.79 Å². The molecular weight excluding hydrogens is 369 g/mol. The predicted octanol–water partition coefficient (Wildman–Crippen LogP) is 5.86. The Kier molecular flexibility index (Phi) is 5.86. The van der Waals surface area contributed by atoms with Crippen LogP contribution in [0, 0.1) is 0 Å². The first kappa shape index (κ1) is 18.4. The molecule has 1 amide bonds. The molecule has 1 aromatic heterocycles. The average Bonchev–Trinajstić information content (AvgIpc) is 2.63. The van der Waals surface area contributed by atoms with E-state index in [1.807, 2.05) is 31.2 Å². The molecule has 2 aromatic carbocycles. The minimum Gasteiger partial charge on any atom is -0.311 e. The highest BCUT2D eigenvalue weighted by molar-refractivity contribution is 6.30. The quantitative estimate of drug-likeness (QED) is 0.598. The van der Waals surface area contributed by atoms with Crippen LogP contribution in [0.1, 0.15) is 19.8 Å². The van der Waals surface area contributed by atoms with E-state index in [4.69, 9.17) is 23.2 Å². The number of halogens is 2. The summed E-state index contributed by atoms with van der Waals surface area (Å²) in [6.45, 7) is 1.96. The van der Waals surface area contributed by atoms with Crippen molar-refractivity contribution in [1.29, 1.82) is 0 Å². The summed E-state index contributed by atoms with van der Waals surface area (Å²) in [7, 11) is 0. The van der Waals surface area contributed by atoms with Crippen LogP contribution in [0.4, 0.5) is 5.82 Å². The van der Waals surface area contributed by atoms with Crippen LogP contribution in [-0.2, 0) is 4.79 Å². The Labute approximate surface area is 162 Å². The Morgan fingerprint density at radius 3 is 2.08 bits per heavy atom. The Hall–Kier alpha value is -2.43. The number of hydrogen-bond acceptors (Lipinski definition) is 3. The first-order valence-corrected chi connectivity index (χ1v) is 9.01. The van der Waals surface area contributed by atoms with Gasteiger partial charge in [-0.3, -0.25) is 4.79 Å². The van der Waals surface area contributed by atoms with Crippen LogP contribution in [-0.4, -0.2) is 15.9 Å². The van der Waals surface area contributed by atoms with Crippen molar-refractivity contribution in [1.82, 2.24) is 9.97 Å². The fourth-order valence-electron chi connectivity index (χ4n) is 2.44. The number of aromatic nitrogens is 2. The van der Waals surface area contributed by atoms with E-state index in [9.17, 15) is 4.79 Å².